The lowest BCUT2D eigenvalue weighted by Crippen LogP contribution is -2.21. The van der Waals surface area contributed by atoms with E-state index >= 15 is 0 Å². The summed E-state index contributed by atoms with van der Waals surface area (Å²) in [4.78, 5) is 34.9. The maximum absolute atomic E-state index is 12.0. The van der Waals surface area contributed by atoms with E-state index in [-0.39, 0.29) is 16.3 Å². The van der Waals surface area contributed by atoms with Gasteiger partial charge in [0.05, 0.1) is 21.2 Å². The number of anilines is 1. The minimum atomic E-state index is -0.915. The van der Waals surface area contributed by atoms with Crippen molar-refractivity contribution in [1.82, 2.24) is 0 Å². The van der Waals surface area contributed by atoms with Crippen molar-refractivity contribution in [2.24, 2.45) is 0 Å². The number of carbonyl (C=O) groups excluding carboxylic acids is 2. The first-order chi connectivity index (χ1) is 11.9. The van der Waals surface area contributed by atoms with E-state index < -0.39 is 23.4 Å². The number of ether oxygens (including phenoxy) is 1. The molecule has 0 aliphatic heterocycles. The minimum Gasteiger partial charge on any atom is -0.452 e. The maximum Gasteiger partial charge on any atom is 0.340 e. The fourth-order valence-corrected chi connectivity index (χ4v) is 2.67. The van der Waals surface area contributed by atoms with E-state index in [9.17, 15) is 19.7 Å². The Labute approximate surface area is 152 Å². The van der Waals surface area contributed by atoms with E-state index in [1.54, 1.807) is 12.1 Å². The van der Waals surface area contributed by atoms with Crippen LogP contribution in [0.25, 0.3) is 0 Å². The molecule has 0 saturated carbocycles. The molecule has 0 aromatic heterocycles. The van der Waals surface area contributed by atoms with Gasteiger partial charge in [-0.1, -0.05) is 23.7 Å². The average molecular weight is 381 g/mol. The Kier molecular flexibility index (Phi) is 6.37. The molecule has 0 fully saturated rings. The highest BCUT2D eigenvalue weighted by Gasteiger charge is 2.18. The number of hydrogen-bond acceptors (Lipinski definition) is 6. The molecule has 2 aromatic rings. The SMILES string of the molecule is CSc1ccccc1NC(=O)COC(=O)c1cc([N+](=O)[O-])ccc1Cl. The molecule has 0 heterocycles. The van der Waals surface area contributed by atoms with Crippen LogP contribution in [-0.2, 0) is 9.53 Å². The Morgan fingerprint density at radius 3 is 2.68 bits per heavy atom. The number of thioether (sulfide) groups is 1. The molecule has 25 heavy (non-hydrogen) atoms. The first kappa shape index (κ1) is 18.8. The Morgan fingerprint density at radius 2 is 2.00 bits per heavy atom. The molecular formula is C16H13ClN2O5S. The number of rotatable bonds is 6. The van der Waals surface area contributed by atoms with Gasteiger partial charge < -0.3 is 10.1 Å². The number of nitro benzene ring substituents is 1. The monoisotopic (exact) mass is 380 g/mol. The molecule has 0 saturated heterocycles. The lowest BCUT2D eigenvalue weighted by atomic mass is 10.2. The quantitative estimate of drug-likeness (QED) is 0.354. The zero-order valence-corrected chi connectivity index (χ0v) is 14.6. The van der Waals surface area contributed by atoms with Crippen LogP contribution in [0.3, 0.4) is 0 Å². The van der Waals surface area contributed by atoms with Crippen molar-refractivity contribution in [2.75, 3.05) is 18.2 Å². The number of para-hydroxylation sites is 1. The summed E-state index contributed by atoms with van der Waals surface area (Å²) in [7, 11) is 0. The highest BCUT2D eigenvalue weighted by molar-refractivity contribution is 7.98. The van der Waals surface area contributed by atoms with Crippen LogP contribution in [0, 0.1) is 10.1 Å². The third-order valence-electron chi connectivity index (χ3n) is 3.10. The summed E-state index contributed by atoms with van der Waals surface area (Å²) in [5.41, 5.74) is 0.132. The third kappa shape index (κ3) is 4.94. The van der Waals surface area contributed by atoms with Crippen LogP contribution >= 0.6 is 23.4 Å². The second-order valence-electron chi connectivity index (χ2n) is 4.75. The van der Waals surface area contributed by atoms with Crippen molar-refractivity contribution in [3.63, 3.8) is 0 Å². The van der Waals surface area contributed by atoms with E-state index in [1.165, 1.54) is 23.9 Å². The van der Waals surface area contributed by atoms with Gasteiger partial charge in [-0.25, -0.2) is 4.79 Å². The van der Waals surface area contributed by atoms with Gasteiger partial charge in [-0.15, -0.1) is 11.8 Å². The van der Waals surface area contributed by atoms with E-state index in [1.807, 2.05) is 18.4 Å². The summed E-state index contributed by atoms with van der Waals surface area (Å²) in [6.45, 7) is -0.541. The number of benzene rings is 2. The van der Waals surface area contributed by atoms with Crippen LogP contribution in [0.5, 0.6) is 0 Å². The summed E-state index contributed by atoms with van der Waals surface area (Å²) >= 11 is 7.31. The highest BCUT2D eigenvalue weighted by atomic mass is 35.5. The number of nitrogens with zero attached hydrogens (tertiary/aromatic N) is 1. The summed E-state index contributed by atoms with van der Waals surface area (Å²) in [6.07, 6.45) is 1.87. The van der Waals surface area contributed by atoms with E-state index in [0.717, 1.165) is 11.0 Å². The number of nitro groups is 1. The van der Waals surface area contributed by atoms with Crippen LogP contribution in [0.2, 0.25) is 5.02 Å². The average Bonchev–Trinajstić information content (AvgIpc) is 2.60. The minimum absolute atomic E-state index is 0.00346. The number of carbonyl (C=O) groups is 2. The molecule has 7 nitrogen and oxygen atoms in total. The van der Waals surface area contributed by atoms with Gasteiger partial charge in [0.15, 0.2) is 6.61 Å². The van der Waals surface area contributed by atoms with Crippen molar-refractivity contribution in [2.45, 2.75) is 4.90 Å². The maximum atomic E-state index is 12.0. The zero-order valence-electron chi connectivity index (χ0n) is 13.0. The smallest absolute Gasteiger partial charge is 0.340 e. The molecular weight excluding hydrogens is 368 g/mol. The summed E-state index contributed by atoms with van der Waals surface area (Å²) in [5, 5.41) is 13.4. The van der Waals surface area contributed by atoms with Crippen LogP contribution in [0.4, 0.5) is 11.4 Å². The predicted molar refractivity (Wildman–Crippen MR) is 95.2 cm³/mol. The Bertz CT molecular complexity index is 828. The molecule has 0 radical (unpaired) electrons. The molecule has 9 heteroatoms. The lowest BCUT2D eigenvalue weighted by molar-refractivity contribution is -0.384. The van der Waals surface area contributed by atoms with Crippen molar-refractivity contribution in [3.05, 3.63) is 63.2 Å². The van der Waals surface area contributed by atoms with E-state index in [0.29, 0.717) is 5.69 Å². The van der Waals surface area contributed by atoms with Gasteiger partial charge in [0.1, 0.15) is 0 Å². The standard InChI is InChI=1S/C16H13ClN2O5S/c1-25-14-5-3-2-4-13(14)18-15(20)9-24-16(21)11-8-10(19(22)23)6-7-12(11)17/h2-8H,9H2,1H3,(H,18,20). The van der Waals surface area contributed by atoms with Crippen molar-refractivity contribution >= 4 is 46.6 Å². The number of amides is 1. The molecule has 0 bridgehead atoms. The van der Waals surface area contributed by atoms with Gasteiger partial charge in [0.25, 0.3) is 11.6 Å². The molecule has 130 valence electrons. The number of nitrogens with one attached hydrogen (secondary N) is 1. The van der Waals surface area contributed by atoms with Crippen LogP contribution < -0.4 is 5.32 Å². The van der Waals surface area contributed by atoms with Gasteiger partial charge in [-0.05, 0) is 24.5 Å². The van der Waals surface area contributed by atoms with Crippen molar-refractivity contribution in [3.8, 4) is 0 Å². The molecule has 0 atom stereocenters. The Hall–Kier alpha value is -2.58. The summed E-state index contributed by atoms with van der Waals surface area (Å²) in [6, 6.07) is 10.6. The molecule has 1 amide bonds. The predicted octanol–water partition coefficient (Wildman–Crippen LogP) is 3.77. The van der Waals surface area contributed by atoms with E-state index in [4.69, 9.17) is 16.3 Å². The fourth-order valence-electron chi connectivity index (χ4n) is 1.93. The van der Waals surface area contributed by atoms with E-state index in [2.05, 4.69) is 5.32 Å². The third-order valence-corrected chi connectivity index (χ3v) is 4.22. The number of halogens is 1. The van der Waals surface area contributed by atoms with Crippen LogP contribution in [0.1, 0.15) is 10.4 Å². The summed E-state index contributed by atoms with van der Waals surface area (Å²) < 4.78 is 4.89. The van der Waals surface area contributed by atoms with Gasteiger partial charge in [0, 0.05) is 17.0 Å². The van der Waals surface area contributed by atoms with Gasteiger partial charge in [-0.3, -0.25) is 14.9 Å². The second kappa shape index (κ2) is 8.50. The first-order valence-corrected chi connectivity index (χ1v) is 8.56. The molecule has 0 unspecified atom stereocenters. The Morgan fingerprint density at radius 1 is 1.28 bits per heavy atom. The van der Waals surface area contributed by atoms with Crippen molar-refractivity contribution in [1.29, 1.82) is 0 Å². The fraction of sp³-hybridized carbons (Fsp3) is 0.125. The molecule has 2 aromatic carbocycles. The Balaban J connectivity index is 2.01. The normalized spacial score (nSPS) is 10.2. The van der Waals surface area contributed by atoms with Gasteiger partial charge >= 0.3 is 5.97 Å². The number of hydrogen-bond donors (Lipinski definition) is 1. The summed E-state index contributed by atoms with van der Waals surface area (Å²) in [5.74, 6) is -1.45. The van der Waals surface area contributed by atoms with Gasteiger partial charge in [0.2, 0.25) is 0 Å². The number of esters is 1. The van der Waals surface area contributed by atoms with Crippen LogP contribution in [0.15, 0.2) is 47.4 Å². The van der Waals surface area contributed by atoms with Gasteiger partial charge in [-0.2, -0.15) is 0 Å². The zero-order chi connectivity index (χ0) is 18.4. The first-order valence-electron chi connectivity index (χ1n) is 6.96. The largest absolute Gasteiger partial charge is 0.452 e. The second-order valence-corrected chi connectivity index (χ2v) is 6.00. The molecule has 0 aliphatic carbocycles. The molecule has 0 aliphatic rings. The number of non-ortho nitro benzene ring substituents is 1. The molecule has 2 rings (SSSR count). The van der Waals surface area contributed by atoms with Crippen LogP contribution in [-0.4, -0.2) is 29.7 Å². The lowest BCUT2D eigenvalue weighted by Gasteiger charge is -2.10. The topological polar surface area (TPSA) is 98.5 Å². The highest BCUT2D eigenvalue weighted by Crippen LogP contribution is 2.25. The molecule has 1 N–H and O–H groups in total. The molecule has 0 spiro atoms. The van der Waals surface area contributed by atoms with Crippen molar-refractivity contribution < 1.29 is 19.2 Å².